The molecule has 1 fully saturated rings. The van der Waals surface area contributed by atoms with Gasteiger partial charge in [0.25, 0.3) is 0 Å². The molecule has 1 amide bonds. The smallest absolute Gasteiger partial charge is 0.249 e. The number of likely N-dealkylation sites (N-methyl/N-ethyl adjacent to an activating group) is 1. The molecule has 0 spiro atoms. The maximum atomic E-state index is 13.1. The van der Waals surface area contributed by atoms with Crippen molar-refractivity contribution in [3.63, 3.8) is 0 Å². The lowest BCUT2D eigenvalue weighted by atomic mass is 10.2. The van der Waals surface area contributed by atoms with E-state index in [-0.39, 0.29) is 11.9 Å². The number of carbonyl (C=O) groups is 1. The van der Waals surface area contributed by atoms with Crippen LogP contribution >= 0.6 is 11.6 Å². The summed E-state index contributed by atoms with van der Waals surface area (Å²) < 4.78 is 0. The molecule has 2 aromatic heterocycles. The zero-order valence-corrected chi connectivity index (χ0v) is 16.5. The van der Waals surface area contributed by atoms with Gasteiger partial charge in [-0.25, -0.2) is 9.97 Å². The summed E-state index contributed by atoms with van der Waals surface area (Å²) in [5.74, 6) is 1.37. The average molecular weight is 394 g/mol. The zero-order valence-electron chi connectivity index (χ0n) is 15.7. The van der Waals surface area contributed by atoms with Gasteiger partial charge in [0, 0.05) is 43.3 Å². The maximum absolute atomic E-state index is 13.1. The normalized spacial score (nSPS) is 16.5. The van der Waals surface area contributed by atoms with Gasteiger partial charge in [0.05, 0.1) is 10.7 Å². The van der Waals surface area contributed by atoms with E-state index in [1.807, 2.05) is 55.3 Å². The number of hydrogen-bond donors (Lipinski definition) is 0. The van der Waals surface area contributed by atoms with E-state index in [4.69, 9.17) is 11.6 Å². The van der Waals surface area contributed by atoms with Crippen molar-refractivity contribution in [2.24, 2.45) is 0 Å². The number of hydrogen-bond acceptors (Lipinski definition) is 5. The molecule has 0 saturated carbocycles. The van der Waals surface area contributed by atoms with Gasteiger partial charge in [-0.2, -0.15) is 0 Å². The molecule has 1 aliphatic rings. The zero-order chi connectivity index (χ0) is 19.7. The molecule has 6 nitrogen and oxygen atoms in total. The molecule has 3 aromatic rings. The molecule has 0 N–H and O–H groups in total. The predicted octanol–water partition coefficient (Wildman–Crippen LogP) is 3.74. The molecule has 7 heteroatoms. The molecule has 1 atom stereocenters. The fourth-order valence-electron chi connectivity index (χ4n) is 3.46. The Morgan fingerprint density at radius 3 is 2.64 bits per heavy atom. The Morgan fingerprint density at radius 1 is 1.14 bits per heavy atom. The second-order valence-electron chi connectivity index (χ2n) is 6.78. The number of aromatic nitrogens is 3. The predicted molar refractivity (Wildman–Crippen MR) is 111 cm³/mol. The molecule has 0 bridgehead atoms. The van der Waals surface area contributed by atoms with Crippen LogP contribution in [-0.4, -0.2) is 40.5 Å². The van der Waals surface area contributed by atoms with Crippen LogP contribution in [0.25, 0.3) is 11.4 Å². The van der Waals surface area contributed by atoms with Gasteiger partial charge in [-0.05, 0) is 37.6 Å². The van der Waals surface area contributed by atoms with E-state index in [2.05, 4.69) is 15.0 Å². The Kier molecular flexibility index (Phi) is 4.96. The van der Waals surface area contributed by atoms with Gasteiger partial charge in [-0.1, -0.05) is 23.7 Å². The summed E-state index contributed by atoms with van der Waals surface area (Å²) >= 11 is 6.29. The molecule has 1 aliphatic heterocycles. The van der Waals surface area contributed by atoms with Crippen molar-refractivity contribution < 1.29 is 4.79 Å². The maximum Gasteiger partial charge on any atom is 0.249 e. The number of benzene rings is 1. The number of rotatable bonds is 4. The van der Waals surface area contributed by atoms with E-state index in [9.17, 15) is 4.79 Å². The largest absolute Gasteiger partial charge is 0.347 e. The minimum Gasteiger partial charge on any atom is -0.347 e. The Bertz CT molecular complexity index is 1010. The number of carbonyl (C=O) groups excluding carboxylic acids is 1. The Morgan fingerprint density at radius 2 is 1.89 bits per heavy atom. The highest BCUT2D eigenvalue weighted by Crippen LogP contribution is 2.31. The van der Waals surface area contributed by atoms with E-state index in [1.165, 1.54) is 0 Å². The van der Waals surface area contributed by atoms with Crippen LogP contribution in [0.5, 0.6) is 0 Å². The average Bonchev–Trinajstić information content (AvgIpc) is 3.09. The molecule has 1 unspecified atom stereocenters. The fourth-order valence-corrected chi connectivity index (χ4v) is 3.69. The number of aryl methyl sites for hydroxylation is 1. The van der Waals surface area contributed by atoms with Gasteiger partial charge in [-0.3, -0.25) is 9.78 Å². The Labute approximate surface area is 168 Å². The van der Waals surface area contributed by atoms with Gasteiger partial charge in [0.2, 0.25) is 5.91 Å². The molecule has 28 heavy (non-hydrogen) atoms. The van der Waals surface area contributed by atoms with E-state index in [0.29, 0.717) is 23.8 Å². The van der Waals surface area contributed by atoms with Crippen molar-refractivity contribution in [2.75, 3.05) is 23.4 Å². The number of anilines is 2. The van der Waals surface area contributed by atoms with Gasteiger partial charge < -0.3 is 9.80 Å². The highest BCUT2D eigenvalue weighted by molar-refractivity contribution is 6.34. The van der Waals surface area contributed by atoms with Crippen molar-refractivity contribution in [3.05, 3.63) is 65.6 Å². The van der Waals surface area contributed by atoms with E-state index in [0.717, 1.165) is 22.8 Å². The van der Waals surface area contributed by atoms with Crippen molar-refractivity contribution in [3.8, 4) is 11.4 Å². The van der Waals surface area contributed by atoms with Crippen LogP contribution in [0.4, 0.5) is 11.5 Å². The summed E-state index contributed by atoms with van der Waals surface area (Å²) in [5.41, 5.74) is 2.49. The number of pyridine rings is 1. The lowest BCUT2D eigenvalue weighted by Gasteiger charge is -2.25. The minimum atomic E-state index is -0.295. The number of nitrogens with zero attached hydrogens (tertiary/aromatic N) is 5. The second kappa shape index (κ2) is 7.56. The topological polar surface area (TPSA) is 62.2 Å². The van der Waals surface area contributed by atoms with Gasteiger partial charge in [0.15, 0.2) is 5.82 Å². The van der Waals surface area contributed by atoms with Crippen LogP contribution in [0.1, 0.15) is 12.1 Å². The summed E-state index contributed by atoms with van der Waals surface area (Å²) in [7, 11) is 1.90. The standard InChI is InChI=1S/C21H20ClN5O/c1-14-13-19(25-20(24-14)15-7-10-23-11-8-15)26(2)18-9-12-27(21(18)28)17-6-4-3-5-16(17)22/h3-8,10-11,13,18H,9,12H2,1-2H3. The van der Waals surface area contributed by atoms with E-state index < -0.39 is 0 Å². The highest BCUT2D eigenvalue weighted by atomic mass is 35.5. The molecule has 1 aromatic carbocycles. The summed E-state index contributed by atoms with van der Waals surface area (Å²) in [4.78, 5) is 30.0. The molecular formula is C21H20ClN5O. The summed E-state index contributed by atoms with van der Waals surface area (Å²) in [6, 6.07) is 12.8. The SMILES string of the molecule is Cc1cc(N(C)C2CCN(c3ccccc3Cl)C2=O)nc(-c2ccncc2)n1. The second-order valence-corrected chi connectivity index (χ2v) is 7.19. The first-order chi connectivity index (χ1) is 13.5. The van der Waals surface area contributed by atoms with Crippen LogP contribution in [-0.2, 0) is 4.79 Å². The van der Waals surface area contributed by atoms with Crippen LogP contribution in [0.3, 0.4) is 0 Å². The van der Waals surface area contributed by atoms with Crippen LogP contribution in [0, 0.1) is 6.92 Å². The summed E-state index contributed by atoms with van der Waals surface area (Å²) in [6.45, 7) is 2.55. The number of amides is 1. The summed E-state index contributed by atoms with van der Waals surface area (Å²) in [6.07, 6.45) is 4.13. The monoisotopic (exact) mass is 393 g/mol. The third-order valence-corrected chi connectivity index (χ3v) is 5.25. The van der Waals surface area contributed by atoms with Crippen LogP contribution in [0.2, 0.25) is 5.02 Å². The number of para-hydroxylation sites is 1. The Hall–Kier alpha value is -2.99. The van der Waals surface area contributed by atoms with Gasteiger partial charge in [0.1, 0.15) is 11.9 Å². The molecule has 142 valence electrons. The minimum absolute atomic E-state index is 0.0253. The van der Waals surface area contributed by atoms with Crippen molar-refractivity contribution >= 4 is 29.0 Å². The van der Waals surface area contributed by atoms with Crippen LogP contribution in [0.15, 0.2) is 54.9 Å². The molecule has 3 heterocycles. The number of halogens is 1. The molecule has 1 saturated heterocycles. The molecule has 4 rings (SSSR count). The van der Waals surface area contributed by atoms with E-state index >= 15 is 0 Å². The van der Waals surface area contributed by atoms with Crippen molar-refractivity contribution in [2.45, 2.75) is 19.4 Å². The first-order valence-corrected chi connectivity index (χ1v) is 9.47. The van der Waals surface area contributed by atoms with E-state index in [1.54, 1.807) is 23.4 Å². The van der Waals surface area contributed by atoms with Crippen LogP contribution < -0.4 is 9.80 Å². The fraction of sp³-hybridized carbons (Fsp3) is 0.238. The Balaban J connectivity index is 1.62. The molecule has 0 aliphatic carbocycles. The van der Waals surface area contributed by atoms with Crippen molar-refractivity contribution in [1.82, 2.24) is 15.0 Å². The molecule has 0 radical (unpaired) electrons. The quantitative estimate of drug-likeness (QED) is 0.675. The van der Waals surface area contributed by atoms with Gasteiger partial charge >= 0.3 is 0 Å². The lowest BCUT2D eigenvalue weighted by Crippen LogP contribution is -2.40. The first kappa shape index (κ1) is 18.4. The third kappa shape index (κ3) is 3.43. The third-order valence-electron chi connectivity index (χ3n) is 4.93. The molecular weight excluding hydrogens is 374 g/mol. The lowest BCUT2D eigenvalue weighted by molar-refractivity contribution is -0.118. The highest BCUT2D eigenvalue weighted by Gasteiger charge is 2.36. The van der Waals surface area contributed by atoms with Gasteiger partial charge in [-0.15, -0.1) is 0 Å². The van der Waals surface area contributed by atoms with Crippen molar-refractivity contribution in [1.29, 1.82) is 0 Å². The first-order valence-electron chi connectivity index (χ1n) is 9.09. The summed E-state index contributed by atoms with van der Waals surface area (Å²) in [5, 5.41) is 0.581.